The van der Waals surface area contributed by atoms with E-state index < -0.39 is 0 Å². The van der Waals surface area contributed by atoms with Crippen LogP contribution in [0.3, 0.4) is 0 Å². The Morgan fingerprint density at radius 1 is 1.08 bits per heavy atom. The van der Waals surface area contributed by atoms with Crippen molar-refractivity contribution in [2.24, 2.45) is 0 Å². The van der Waals surface area contributed by atoms with Crippen molar-refractivity contribution in [2.45, 2.75) is 39.5 Å². The van der Waals surface area contributed by atoms with E-state index in [0.29, 0.717) is 53.1 Å². The molecular weight excluding hydrogens is 454 g/mol. The summed E-state index contributed by atoms with van der Waals surface area (Å²) in [6.07, 6.45) is 4.71. The van der Waals surface area contributed by atoms with E-state index in [-0.39, 0.29) is 11.3 Å². The van der Waals surface area contributed by atoms with Crippen molar-refractivity contribution in [2.75, 3.05) is 31.1 Å². The molecule has 7 heteroatoms. The fourth-order valence-electron chi connectivity index (χ4n) is 4.35. The number of nitrogens with one attached hydrogen (secondary N) is 1. The predicted octanol–water partition coefficient (Wildman–Crippen LogP) is 5.53. The van der Waals surface area contributed by atoms with Crippen LogP contribution < -0.4 is 20.4 Å². The molecule has 2 aliphatic rings. The summed E-state index contributed by atoms with van der Waals surface area (Å²) < 4.78 is 12.1. The Hall–Kier alpha value is -3.87. The molecule has 1 aliphatic heterocycles. The lowest BCUT2D eigenvalue weighted by molar-refractivity contribution is -0.121. The van der Waals surface area contributed by atoms with Crippen LogP contribution in [-0.4, -0.2) is 37.1 Å². The van der Waals surface area contributed by atoms with Crippen LogP contribution in [0.5, 0.6) is 5.75 Å². The molecule has 1 aliphatic carbocycles. The SMILES string of the molecule is C=CCNC(=O)CCCCCOc1ccc2c(=O)cc3oc4cc(N(CC)CC)ccc4nc-3c2c1. The molecule has 36 heavy (non-hydrogen) atoms. The number of unbranched alkanes of at least 4 members (excludes halogenated alkanes) is 2. The molecule has 2 aromatic carbocycles. The van der Waals surface area contributed by atoms with Crippen LogP contribution in [0.25, 0.3) is 33.3 Å². The van der Waals surface area contributed by atoms with E-state index in [1.165, 1.54) is 6.07 Å². The smallest absolute Gasteiger partial charge is 0.220 e. The second-order valence-electron chi connectivity index (χ2n) is 8.72. The Kier molecular flexibility index (Phi) is 8.21. The van der Waals surface area contributed by atoms with Crippen LogP contribution in [0.2, 0.25) is 0 Å². The number of aromatic nitrogens is 1. The maximum atomic E-state index is 12.8. The maximum absolute atomic E-state index is 12.8. The fourth-order valence-corrected chi connectivity index (χ4v) is 4.35. The van der Waals surface area contributed by atoms with Crippen LogP contribution in [0.15, 0.2) is 64.3 Å². The van der Waals surface area contributed by atoms with E-state index in [9.17, 15) is 9.59 Å². The van der Waals surface area contributed by atoms with Crippen LogP contribution in [0, 0.1) is 0 Å². The fraction of sp³-hybridized carbons (Fsp3) is 0.345. The van der Waals surface area contributed by atoms with Gasteiger partial charge in [-0.2, -0.15) is 0 Å². The minimum Gasteiger partial charge on any atom is -0.494 e. The summed E-state index contributed by atoms with van der Waals surface area (Å²) in [7, 11) is 0. The molecule has 2 aromatic rings. The van der Waals surface area contributed by atoms with Crippen molar-refractivity contribution in [1.82, 2.24) is 10.3 Å². The monoisotopic (exact) mass is 487 g/mol. The van der Waals surface area contributed by atoms with Gasteiger partial charge in [0.15, 0.2) is 16.8 Å². The maximum Gasteiger partial charge on any atom is 0.220 e. The molecule has 188 valence electrons. The highest BCUT2D eigenvalue weighted by atomic mass is 16.5. The van der Waals surface area contributed by atoms with E-state index in [2.05, 4.69) is 30.6 Å². The number of fused-ring (bicyclic) bond motifs is 4. The third-order valence-electron chi connectivity index (χ3n) is 6.29. The summed E-state index contributed by atoms with van der Waals surface area (Å²) in [6, 6.07) is 13.0. The van der Waals surface area contributed by atoms with Gasteiger partial charge in [0.25, 0.3) is 0 Å². The van der Waals surface area contributed by atoms with Crippen molar-refractivity contribution in [3.8, 4) is 17.2 Å². The van der Waals surface area contributed by atoms with Gasteiger partial charge < -0.3 is 19.4 Å². The second-order valence-corrected chi connectivity index (χ2v) is 8.72. The second kappa shape index (κ2) is 11.7. The Morgan fingerprint density at radius 3 is 2.69 bits per heavy atom. The summed E-state index contributed by atoms with van der Waals surface area (Å²) in [4.78, 5) is 31.5. The van der Waals surface area contributed by atoms with Crippen LogP contribution in [0.1, 0.15) is 39.5 Å². The molecule has 4 rings (SSSR count). The van der Waals surface area contributed by atoms with Crippen molar-refractivity contribution in [1.29, 1.82) is 0 Å². The zero-order chi connectivity index (χ0) is 25.5. The van der Waals surface area contributed by atoms with Gasteiger partial charge in [-0.1, -0.05) is 6.08 Å². The number of rotatable bonds is 12. The standard InChI is InChI=1S/C29H33N3O4/c1-4-15-30-28(34)10-8-7-9-16-35-21-12-13-22-23(18-21)29-27(19-25(22)33)36-26-17-20(32(5-2)6-3)11-14-24(26)31-29/h4,11-14,17-19H,1,5-10,15-16H2,2-3H3,(H,30,34). The number of benzene rings is 3. The number of hydrogen-bond donors (Lipinski definition) is 1. The summed E-state index contributed by atoms with van der Waals surface area (Å²) in [6.45, 7) is 10.6. The quantitative estimate of drug-likeness (QED) is 0.122. The zero-order valence-corrected chi connectivity index (χ0v) is 21.0. The van der Waals surface area contributed by atoms with E-state index >= 15 is 0 Å². The summed E-state index contributed by atoms with van der Waals surface area (Å²) >= 11 is 0. The molecule has 0 unspecified atom stereocenters. The first-order valence-corrected chi connectivity index (χ1v) is 12.6. The van der Waals surface area contributed by atoms with Crippen LogP contribution >= 0.6 is 0 Å². The van der Waals surface area contributed by atoms with Gasteiger partial charge in [0, 0.05) is 54.6 Å². The van der Waals surface area contributed by atoms with Crippen LogP contribution in [0.4, 0.5) is 5.69 Å². The normalized spacial score (nSPS) is 11.2. The molecule has 1 amide bonds. The average molecular weight is 488 g/mol. The first-order valence-electron chi connectivity index (χ1n) is 12.6. The molecule has 0 saturated carbocycles. The molecule has 0 radical (unpaired) electrons. The lowest BCUT2D eigenvalue weighted by atomic mass is 10.0. The first kappa shape index (κ1) is 25.2. The average Bonchev–Trinajstić information content (AvgIpc) is 2.89. The molecular formula is C29H33N3O4. The third kappa shape index (κ3) is 5.67. The number of carbonyl (C=O) groups is 1. The van der Waals surface area contributed by atoms with Gasteiger partial charge in [-0.3, -0.25) is 9.59 Å². The Morgan fingerprint density at radius 2 is 1.92 bits per heavy atom. The van der Waals surface area contributed by atoms with Gasteiger partial charge in [0.05, 0.1) is 6.61 Å². The lowest BCUT2D eigenvalue weighted by Crippen LogP contribution is -2.22. The van der Waals surface area contributed by atoms with Gasteiger partial charge in [0.2, 0.25) is 5.91 Å². The highest BCUT2D eigenvalue weighted by Crippen LogP contribution is 2.33. The molecule has 1 N–H and O–H groups in total. The molecule has 0 atom stereocenters. The van der Waals surface area contributed by atoms with Gasteiger partial charge in [-0.15, -0.1) is 6.58 Å². The number of hydrogen-bond acceptors (Lipinski definition) is 6. The number of carbonyl (C=O) groups excluding carboxylic acids is 1. The number of amides is 1. The Bertz CT molecular complexity index is 1390. The molecule has 0 saturated heterocycles. The molecule has 0 aromatic heterocycles. The van der Waals surface area contributed by atoms with Crippen LogP contribution in [-0.2, 0) is 4.79 Å². The van der Waals surface area contributed by atoms with E-state index in [1.807, 2.05) is 30.3 Å². The topological polar surface area (TPSA) is 84.7 Å². The molecule has 7 nitrogen and oxygen atoms in total. The Labute approximate surface area is 211 Å². The summed E-state index contributed by atoms with van der Waals surface area (Å²) in [5, 5.41) is 4.08. The lowest BCUT2D eigenvalue weighted by Gasteiger charge is -2.21. The predicted molar refractivity (Wildman–Crippen MR) is 145 cm³/mol. The van der Waals surface area contributed by atoms with Gasteiger partial charge in [-0.05, 0) is 63.4 Å². The van der Waals surface area contributed by atoms with Crippen molar-refractivity contribution in [3.63, 3.8) is 0 Å². The minimum atomic E-state index is -0.108. The van der Waals surface area contributed by atoms with Gasteiger partial charge in [0.1, 0.15) is 17.0 Å². The Balaban J connectivity index is 1.51. The zero-order valence-electron chi connectivity index (χ0n) is 21.0. The number of anilines is 1. The highest BCUT2D eigenvalue weighted by molar-refractivity contribution is 5.97. The van der Waals surface area contributed by atoms with Crippen molar-refractivity contribution in [3.05, 3.63) is 65.3 Å². The van der Waals surface area contributed by atoms with E-state index in [0.717, 1.165) is 43.6 Å². The summed E-state index contributed by atoms with van der Waals surface area (Å²) in [5.74, 6) is 1.18. The minimum absolute atomic E-state index is 0.0420. The molecule has 0 bridgehead atoms. The van der Waals surface area contributed by atoms with Crippen molar-refractivity contribution < 1.29 is 13.9 Å². The molecule has 1 heterocycles. The largest absolute Gasteiger partial charge is 0.494 e. The van der Waals surface area contributed by atoms with Crippen molar-refractivity contribution >= 4 is 33.5 Å². The third-order valence-corrected chi connectivity index (χ3v) is 6.29. The number of ether oxygens (including phenoxy) is 1. The van der Waals surface area contributed by atoms with E-state index in [1.54, 1.807) is 12.1 Å². The summed E-state index contributed by atoms with van der Waals surface area (Å²) in [5.41, 5.74) is 2.99. The van der Waals surface area contributed by atoms with Gasteiger partial charge >= 0.3 is 0 Å². The molecule has 0 fully saturated rings. The van der Waals surface area contributed by atoms with E-state index in [4.69, 9.17) is 14.1 Å². The molecule has 0 spiro atoms. The number of nitrogens with zero attached hydrogens (tertiary/aromatic N) is 2. The van der Waals surface area contributed by atoms with Gasteiger partial charge in [-0.25, -0.2) is 4.98 Å². The first-order chi connectivity index (χ1) is 17.5. The highest BCUT2D eigenvalue weighted by Gasteiger charge is 2.17.